The SMILES string of the molecule is CC(C)(C)CC(=O)N[C@H]1CCCC[C@H]2CCNC(O)[C@H]2C[C@@H](C#N)NC(=O)[C@@H]2[C@@H]3[C@H](CN2C1=O)C3(C)C. The van der Waals surface area contributed by atoms with Crippen LogP contribution in [-0.2, 0) is 14.4 Å². The molecule has 0 aromatic heterocycles. The molecule has 206 valence electrons. The lowest BCUT2D eigenvalue weighted by Gasteiger charge is -2.38. The third kappa shape index (κ3) is 5.96. The highest BCUT2D eigenvalue weighted by molar-refractivity contribution is 5.93. The van der Waals surface area contributed by atoms with Gasteiger partial charge in [-0.3, -0.25) is 19.7 Å². The minimum Gasteiger partial charge on any atom is -0.378 e. The molecular weight excluding hydrogens is 470 g/mol. The summed E-state index contributed by atoms with van der Waals surface area (Å²) < 4.78 is 0. The molecule has 3 amide bonds. The number of rotatable bonds is 2. The molecule has 4 fully saturated rings. The molecule has 0 bridgehead atoms. The maximum Gasteiger partial charge on any atom is 0.245 e. The van der Waals surface area contributed by atoms with Crippen molar-refractivity contribution >= 4 is 17.7 Å². The molecule has 0 spiro atoms. The number of aliphatic hydroxyl groups is 1. The van der Waals surface area contributed by atoms with Crippen molar-refractivity contribution in [3.05, 3.63) is 0 Å². The van der Waals surface area contributed by atoms with Crippen LogP contribution in [0.15, 0.2) is 0 Å². The van der Waals surface area contributed by atoms with Crippen molar-refractivity contribution in [2.75, 3.05) is 13.1 Å². The molecule has 3 saturated heterocycles. The minimum absolute atomic E-state index is 0.0318. The molecule has 1 saturated carbocycles. The van der Waals surface area contributed by atoms with Gasteiger partial charge in [0.1, 0.15) is 24.4 Å². The summed E-state index contributed by atoms with van der Waals surface area (Å²) in [4.78, 5) is 42.0. The Morgan fingerprint density at radius 3 is 2.59 bits per heavy atom. The summed E-state index contributed by atoms with van der Waals surface area (Å²) in [5.74, 6) is -0.284. The number of hydrogen-bond acceptors (Lipinski definition) is 6. The van der Waals surface area contributed by atoms with Crippen molar-refractivity contribution in [2.45, 2.75) is 104 Å². The molecule has 1 aliphatic carbocycles. The molecule has 4 rings (SSSR count). The lowest BCUT2D eigenvalue weighted by molar-refractivity contribution is -0.143. The predicted molar refractivity (Wildman–Crippen MR) is 138 cm³/mol. The van der Waals surface area contributed by atoms with Gasteiger partial charge in [0.25, 0.3) is 0 Å². The van der Waals surface area contributed by atoms with E-state index in [1.54, 1.807) is 4.90 Å². The number of aliphatic hydroxyl groups excluding tert-OH is 1. The van der Waals surface area contributed by atoms with Gasteiger partial charge in [0.15, 0.2) is 0 Å². The van der Waals surface area contributed by atoms with Crippen molar-refractivity contribution in [3.63, 3.8) is 0 Å². The average Bonchev–Trinajstić information content (AvgIpc) is 3.14. The van der Waals surface area contributed by atoms with E-state index < -0.39 is 24.4 Å². The summed E-state index contributed by atoms with van der Waals surface area (Å²) in [5.41, 5.74) is -0.251. The van der Waals surface area contributed by atoms with Crippen molar-refractivity contribution in [1.29, 1.82) is 5.26 Å². The van der Waals surface area contributed by atoms with Gasteiger partial charge in [0.05, 0.1) is 6.07 Å². The van der Waals surface area contributed by atoms with Crippen LogP contribution in [0.5, 0.6) is 0 Å². The maximum atomic E-state index is 13.9. The van der Waals surface area contributed by atoms with E-state index in [9.17, 15) is 24.8 Å². The number of hydrogen-bond donors (Lipinski definition) is 4. The first-order chi connectivity index (χ1) is 17.3. The summed E-state index contributed by atoms with van der Waals surface area (Å²) >= 11 is 0. The quantitative estimate of drug-likeness (QED) is 0.444. The first-order valence-corrected chi connectivity index (χ1v) is 14.0. The summed E-state index contributed by atoms with van der Waals surface area (Å²) in [6, 6.07) is 0.170. The van der Waals surface area contributed by atoms with Gasteiger partial charge in [-0.25, -0.2) is 0 Å². The second-order valence-corrected chi connectivity index (χ2v) is 13.6. The van der Waals surface area contributed by atoms with E-state index in [4.69, 9.17) is 0 Å². The number of carbonyl (C=O) groups is 3. The Bertz CT molecular complexity index is 938. The Kier molecular flexibility index (Phi) is 7.92. The first-order valence-electron chi connectivity index (χ1n) is 14.0. The number of piperidine rings is 2. The van der Waals surface area contributed by atoms with Gasteiger partial charge < -0.3 is 20.6 Å². The van der Waals surface area contributed by atoms with Gasteiger partial charge in [-0.1, -0.05) is 47.5 Å². The molecule has 9 heteroatoms. The van der Waals surface area contributed by atoms with Crippen LogP contribution in [0.2, 0.25) is 0 Å². The summed E-state index contributed by atoms with van der Waals surface area (Å²) in [6.45, 7) is 11.4. The van der Waals surface area contributed by atoms with Crippen LogP contribution >= 0.6 is 0 Å². The zero-order valence-electron chi connectivity index (χ0n) is 23.0. The van der Waals surface area contributed by atoms with Gasteiger partial charge in [-0.2, -0.15) is 5.26 Å². The van der Waals surface area contributed by atoms with Crippen molar-refractivity contribution in [3.8, 4) is 6.07 Å². The van der Waals surface area contributed by atoms with Crippen molar-refractivity contribution in [2.24, 2.45) is 34.5 Å². The normalized spacial score (nSPS) is 38.2. The number of nitrogens with zero attached hydrogens (tertiary/aromatic N) is 2. The second-order valence-electron chi connectivity index (χ2n) is 13.6. The van der Waals surface area contributed by atoms with E-state index >= 15 is 0 Å². The third-order valence-electron chi connectivity index (χ3n) is 9.26. The van der Waals surface area contributed by atoms with Gasteiger partial charge in [-0.15, -0.1) is 0 Å². The van der Waals surface area contributed by atoms with Crippen LogP contribution in [0, 0.1) is 45.8 Å². The lowest BCUT2D eigenvalue weighted by Crippen LogP contribution is -2.57. The van der Waals surface area contributed by atoms with Crippen LogP contribution < -0.4 is 16.0 Å². The molecule has 9 nitrogen and oxygen atoms in total. The Morgan fingerprint density at radius 2 is 1.92 bits per heavy atom. The Morgan fingerprint density at radius 1 is 1.22 bits per heavy atom. The number of amides is 3. The standard InChI is InChI=1S/C28H45N5O4/c1-27(2,3)13-21(34)32-20-9-7-6-8-16-10-11-30-24(35)18(16)12-17(14-29)31-25(36)23-22-19(28(22,4)5)15-33(23)26(20)37/h16-20,22-24,30,35H,6-13,15H2,1-5H3,(H,31,36)(H,32,34)/t16-,17-,18-,19-,20-,22-,23-,24?/m0/s1. The third-order valence-corrected chi connectivity index (χ3v) is 9.26. The average molecular weight is 516 g/mol. The van der Waals surface area contributed by atoms with Gasteiger partial charge >= 0.3 is 0 Å². The molecule has 0 aromatic rings. The molecule has 8 atom stereocenters. The summed E-state index contributed by atoms with van der Waals surface area (Å²) in [7, 11) is 0. The molecule has 3 heterocycles. The highest BCUT2D eigenvalue weighted by Gasteiger charge is 2.69. The van der Waals surface area contributed by atoms with Crippen molar-refractivity contribution < 1.29 is 19.5 Å². The van der Waals surface area contributed by atoms with Gasteiger partial charge in [-0.05, 0) is 60.8 Å². The van der Waals surface area contributed by atoms with Gasteiger partial charge in [0, 0.05) is 18.9 Å². The van der Waals surface area contributed by atoms with Crippen LogP contribution in [0.1, 0.15) is 79.6 Å². The molecule has 4 aliphatic rings. The van der Waals surface area contributed by atoms with Crippen LogP contribution in [0.4, 0.5) is 0 Å². The highest BCUT2D eigenvalue weighted by atomic mass is 16.3. The molecule has 37 heavy (non-hydrogen) atoms. The topological polar surface area (TPSA) is 135 Å². The fraction of sp³-hybridized carbons (Fsp3) is 0.857. The fourth-order valence-corrected chi connectivity index (χ4v) is 7.15. The van der Waals surface area contributed by atoms with Crippen LogP contribution in [0.3, 0.4) is 0 Å². The Hall–Kier alpha value is -2.18. The zero-order chi connectivity index (χ0) is 27.1. The van der Waals surface area contributed by atoms with E-state index in [1.165, 1.54) is 0 Å². The van der Waals surface area contributed by atoms with E-state index in [1.807, 2.05) is 20.8 Å². The Labute approximate surface area is 221 Å². The summed E-state index contributed by atoms with van der Waals surface area (Å²) in [6.07, 6.45) is 3.92. The molecule has 0 aromatic carbocycles. The molecule has 3 aliphatic heterocycles. The second kappa shape index (κ2) is 10.5. The largest absolute Gasteiger partial charge is 0.378 e. The predicted octanol–water partition coefficient (Wildman–Crippen LogP) is 1.91. The molecular formula is C28H45N5O4. The van der Waals surface area contributed by atoms with E-state index in [0.717, 1.165) is 25.7 Å². The minimum atomic E-state index is -0.738. The monoisotopic (exact) mass is 515 g/mol. The zero-order valence-corrected chi connectivity index (χ0v) is 23.0. The van der Waals surface area contributed by atoms with Crippen LogP contribution in [0.25, 0.3) is 0 Å². The summed E-state index contributed by atoms with van der Waals surface area (Å²) in [5, 5.41) is 29.6. The van der Waals surface area contributed by atoms with Crippen molar-refractivity contribution in [1.82, 2.24) is 20.9 Å². The number of nitrogens with one attached hydrogen (secondary N) is 3. The number of nitriles is 1. The Balaban J connectivity index is 1.60. The van der Waals surface area contributed by atoms with Gasteiger partial charge in [0.2, 0.25) is 17.7 Å². The number of fused-ring (bicyclic) bond motifs is 4. The van der Waals surface area contributed by atoms with E-state index in [-0.39, 0.29) is 52.2 Å². The lowest BCUT2D eigenvalue weighted by atomic mass is 9.78. The van der Waals surface area contributed by atoms with Crippen LogP contribution in [-0.4, -0.2) is 65.2 Å². The fourth-order valence-electron chi connectivity index (χ4n) is 7.15. The molecule has 4 N–H and O–H groups in total. The smallest absolute Gasteiger partial charge is 0.245 e. The highest BCUT2D eigenvalue weighted by Crippen LogP contribution is 2.65. The maximum absolute atomic E-state index is 13.9. The van der Waals surface area contributed by atoms with E-state index in [2.05, 4.69) is 35.9 Å². The number of carbonyl (C=O) groups excluding carboxylic acids is 3. The first kappa shape index (κ1) is 27.8. The van der Waals surface area contributed by atoms with E-state index in [0.29, 0.717) is 32.4 Å². The molecule has 0 radical (unpaired) electrons. The molecule has 1 unspecified atom stereocenters.